The van der Waals surface area contributed by atoms with Crippen molar-refractivity contribution in [1.82, 2.24) is 10.2 Å². The fraction of sp³-hybridized carbons (Fsp3) is 0.464. The topological polar surface area (TPSA) is 108 Å². The molecular formula is C28H39N3O5. The number of phenolic OH excluding ortho intramolecular Hbond substituents is 1. The van der Waals surface area contributed by atoms with E-state index in [9.17, 15) is 19.5 Å². The van der Waals surface area contributed by atoms with Crippen molar-refractivity contribution in [1.29, 1.82) is 0 Å². The van der Waals surface area contributed by atoms with Crippen LogP contribution in [0.2, 0.25) is 0 Å². The molecule has 1 atom stereocenters. The van der Waals surface area contributed by atoms with Crippen LogP contribution >= 0.6 is 0 Å². The van der Waals surface area contributed by atoms with E-state index in [1.807, 2.05) is 39.0 Å². The van der Waals surface area contributed by atoms with E-state index in [0.717, 1.165) is 17.5 Å². The van der Waals surface area contributed by atoms with Crippen LogP contribution in [0.15, 0.2) is 36.4 Å². The lowest BCUT2D eigenvalue weighted by Crippen LogP contribution is -2.47. The number of alkyl carbamates (subject to hydrolysis) is 1. The Kier molecular flexibility index (Phi) is 9.90. The number of aryl methyl sites for hydroxylation is 3. The van der Waals surface area contributed by atoms with E-state index in [4.69, 9.17) is 4.74 Å². The van der Waals surface area contributed by atoms with E-state index in [0.29, 0.717) is 23.2 Å². The number of anilines is 1. The summed E-state index contributed by atoms with van der Waals surface area (Å²) in [6.45, 7) is 12.6. The predicted molar refractivity (Wildman–Crippen MR) is 141 cm³/mol. The molecule has 0 radical (unpaired) electrons. The van der Waals surface area contributed by atoms with Crippen molar-refractivity contribution >= 4 is 23.6 Å². The van der Waals surface area contributed by atoms with Gasteiger partial charge in [-0.3, -0.25) is 9.59 Å². The molecule has 196 valence electrons. The first-order valence-electron chi connectivity index (χ1n) is 12.3. The molecule has 0 heterocycles. The van der Waals surface area contributed by atoms with Gasteiger partial charge in [-0.1, -0.05) is 49.7 Å². The van der Waals surface area contributed by atoms with Crippen LogP contribution in [0.5, 0.6) is 5.75 Å². The second kappa shape index (κ2) is 12.4. The number of hydrogen-bond acceptors (Lipinski definition) is 5. The molecular weight excluding hydrogens is 458 g/mol. The number of amides is 3. The first kappa shape index (κ1) is 28.7. The van der Waals surface area contributed by atoms with E-state index in [1.165, 1.54) is 4.90 Å². The van der Waals surface area contributed by atoms with Crippen molar-refractivity contribution in [3.05, 3.63) is 58.7 Å². The van der Waals surface area contributed by atoms with E-state index in [-0.39, 0.29) is 18.8 Å². The second-order valence-corrected chi connectivity index (χ2v) is 9.97. The molecule has 2 aromatic carbocycles. The van der Waals surface area contributed by atoms with Crippen molar-refractivity contribution in [2.24, 2.45) is 0 Å². The number of nitrogens with one attached hydrogen (secondary N) is 2. The van der Waals surface area contributed by atoms with Gasteiger partial charge in [0.25, 0.3) is 5.91 Å². The smallest absolute Gasteiger partial charge is 0.408 e. The minimum atomic E-state index is -1.11. The molecule has 0 aliphatic carbocycles. The van der Waals surface area contributed by atoms with Crippen LogP contribution in [0.3, 0.4) is 0 Å². The number of benzene rings is 2. The van der Waals surface area contributed by atoms with Gasteiger partial charge >= 0.3 is 6.09 Å². The van der Waals surface area contributed by atoms with Gasteiger partial charge in [-0.2, -0.15) is 0 Å². The van der Waals surface area contributed by atoms with Crippen molar-refractivity contribution in [2.45, 2.75) is 73.0 Å². The Morgan fingerprint density at radius 3 is 2.17 bits per heavy atom. The average molecular weight is 498 g/mol. The molecule has 0 saturated carbocycles. The molecule has 2 rings (SSSR count). The molecule has 0 saturated heterocycles. The lowest BCUT2D eigenvalue weighted by atomic mass is 9.99. The maximum absolute atomic E-state index is 13.8. The standard InChI is InChI=1S/C28H39N3O5/c1-8-9-16-31(22(32)17-29-27(35)36-28(5,6)7)24(21-15-11-14-20(4)25(21)33)26(34)30-23-18(2)12-10-13-19(23)3/h10-15,24,33H,8-9,16-17H2,1-7H3,(H,29,35)(H,30,34). The number of aromatic hydroxyl groups is 1. The van der Waals surface area contributed by atoms with Crippen LogP contribution < -0.4 is 10.6 Å². The summed E-state index contributed by atoms with van der Waals surface area (Å²) in [6, 6.07) is 9.71. The Bertz CT molecular complexity index is 1070. The maximum Gasteiger partial charge on any atom is 0.408 e. The zero-order chi connectivity index (χ0) is 27.0. The van der Waals surface area contributed by atoms with Gasteiger partial charge in [-0.15, -0.1) is 0 Å². The van der Waals surface area contributed by atoms with Gasteiger partial charge in [0.15, 0.2) is 0 Å². The van der Waals surface area contributed by atoms with Gasteiger partial charge in [-0.05, 0) is 64.7 Å². The number of ether oxygens (including phenoxy) is 1. The quantitative estimate of drug-likeness (QED) is 0.444. The predicted octanol–water partition coefficient (Wildman–Crippen LogP) is 5.15. The number of phenols is 1. The summed E-state index contributed by atoms with van der Waals surface area (Å²) in [5.74, 6) is -0.958. The van der Waals surface area contributed by atoms with E-state index in [1.54, 1.807) is 45.9 Å². The minimum Gasteiger partial charge on any atom is -0.507 e. The SMILES string of the molecule is CCCCN(C(=O)CNC(=O)OC(C)(C)C)C(C(=O)Nc1c(C)cccc1C)c1cccc(C)c1O. The fourth-order valence-electron chi connectivity index (χ4n) is 3.85. The number of rotatable bonds is 9. The summed E-state index contributed by atoms with van der Waals surface area (Å²) in [4.78, 5) is 40.8. The molecule has 0 aliphatic heterocycles. The molecule has 3 N–H and O–H groups in total. The molecule has 36 heavy (non-hydrogen) atoms. The molecule has 0 spiro atoms. The number of para-hydroxylation sites is 2. The van der Waals surface area contributed by atoms with Gasteiger partial charge in [0.2, 0.25) is 5.91 Å². The monoisotopic (exact) mass is 497 g/mol. The van der Waals surface area contributed by atoms with E-state index >= 15 is 0 Å². The van der Waals surface area contributed by atoms with Gasteiger partial charge in [0, 0.05) is 17.8 Å². The summed E-state index contributed by atoms with van der Waals surface area (Å²) in [7, 11) is 0. The molecule has 0 aromatic heterocycles. The Hall–Kier alpha value is -3.55. The number of nitrogens with zero attached hydrogens (tertiary/aromatic N) is 1. The highest BCUT2D eigenvalue weighted by molar-refractivity contribution is 5.99. The molecule has 3 amide bonds. The molecule has 0 bridgehead atoms. The summed E-state index contributed by atoms with van der Waals surface area (Å²) in [6.07, 6.45) is 0.702. The second-order valence-electron chi connectivity index (χ2n) is 9.97. The summed E-state index contributed by atoms with van der Waals surface area (Å²) in [5, 5.41) is 16.4. The molecule has 8 heteroatoms. The zero-order valence-electron chi connectivity index (χ0n) is 22.4. The largest absolute Gasteiger partial charge is 0.507 e. The Morgan fingerprint density at radius 1 is 1.00 bits per heavy atom. The summed E-state index contributed by atoms with van der Waals surface area (Å²) in [5.41, 5.74) is 2.63. The number of unbranched alkanes of at least 4 members (excludes halogenated alkanes) is 1. The van der Waals surface area contributed by atoms with Crippen LogP contribution in [-0.2, 0) is 14.3 Å². The number of hydrogen-bond donors (Lipinski definition) is 3. The van der Waals surface area contributed by atoms with Crippen LogP contribution in [0.4, 0.5) is 10.5 Å². The number of carbonyl (C=O) groups is 3. The average Bonchev–Trinajstić information content (AvgIpc) is 2.78. The van der Waals surface area contributed by atoms with Crippen molar-refractivity contribution in [3.8, 4) is 5.75 Å². The summed E-state index contributed by atoms with van der Waals surface area (Å²) < 4.78 is 5.24. The van der Waals surface area contributed by atoms with Gasteiger partial charge < -0.3 is 25.4 Å². The van der Waals surface area contributed by atoms with E-state index < -0.39 is 29.6 Å². The van der Waals surface area contributed by atoms with Crippen LogP contribution in [0, 0.1) is 20.8 Å². The van der Waals surface area contributed by atoms with Gasteiger partial charge in [0.1, 0.15) is 23.9 Å². The lowest BCUT2D eigenvalue weighted by molar-refractivity contribution is -0.138. The molecule has 8 nitrogen and oxygen atoms in total. The highest BCUT2D eigenvalue weighted by Crippen LogP contribution is 2.33. The normalized spacial score (nSPS) is 12.0. The van der Waals surface area contributed by atoms with Crippen molar-refractivity contribution < 1.29 is 24.2 Å². The minimum absolute atomic E-state index is 0.0476. The highest BCUT2D eigenvalue weighted by Gasteiger charge is 2.34. The third-order valence-corrected chi connectivity index (χ3v) is 5.71. The van der Waals surface area contributed by atoms with Gasteiger partial charge in [-0.25, -0.2) is 4.79 Å². The Morgan fingerprint density at radius 2 is 1.58 bits per heavy atom. The molecule has 1 unspecified atom stereocenters. The van der Waals surface area contributed by atoms with Crippen molar-refractivity contribution in [2.75, 3.05) is 18.4 Å². The van der Waals surface area contributed by atoms with Crippen molar-refractivity contribution in [3.63, 3.8) is 0 Å². The molecule has 2 aromatic rings. The van der Waals surface area contributed by atoms with Crippen LogP contribution in [-0.4, -0.2) is 46.6 Å². The van der Waals surface area contributed by atoms with Crippen LogP contribution in [0.25, 0.3) is 0 Å². The molecule has 0 fully saturated rings. The first-order valence-corrected chi connectivity index (χ1v) is 12.3. The number of carbonyl (C=O) groups excluding carboxylic acids is 3. The Labute approximate surface area is 214 Å². The Balaban J connectivity index is 2.46. The lowest BCUT2D eigenvalue weighted by Gasteiger charge is -2.32. The van der Waals surface area contributed by atoms with E-state index in [2.05, 4.69) is 10.6 Å². The van der Waals surface area contributed by atoms with Crippen LogP contribution in [0.1, 0.15) is 68.8 Å². The van der Waals surface area contributed by atoms with Gasteiger partial charge in [0.05, 0.1) is 0 Å². The third-order valence-electron chi connectivity index (χ3n) is 5.71. The molecule has 0 aliphatic rings. The third kappa shape index (κ3) is 7.73. The highest BCUT2D eigenvalue weighted by atomic mass is 16.6. The maximum atomic E-state index is 13.8. The zero-order valence-corrected chi connectivity index (χ0v) is 22.4. The first-order chi connectivity index (χ1) is 16.9. The fourth-order valence-corrected chi connectivity index (χ4v) is 3.85. The summed E-state index contributed by atoms with van der Waals surface area (Å²) >= 11 is 0.